The van der Waals surface area contributed by atoms with Gasteiger partial charge in [-0.1, -0.05) is 42.5 Å². The van der Waals surface area contributed by atoms with E-state index in [2.05, 4.69) is 58.1 Å². The van der Waals surface area contributed by atoms with E-state index in [1.807, 2.05) is 0 Å². The molecule has 3 aromatic rings. The summed E-state index contributed by atoms with van der Waals surface area (Å²) in [6, 6.07) is 3.50. The zero-order valence-corrected chi connectivity index (χ0v) is 55.5. The average Bonchev–Trinajstić information content (AvgIpc) is 1.63. The van der Waals surface area contributed by atoms with Gasteiger partial charge in [0.15, 0.2) is 11.9 Å². The first kappa shape index (κ1) is 78.0. The molecule has 0 aliphatic carbocycles. The van der Waals surface area contributed by atoms with E-state index in [9.17, 15) is 63.0 Å². The normalized spacial score (nSPS) is 16.8. The number of carboxylic acid groups (broad SMARTS) is 1. The van der Waals surface area contributed by atoms with E-state index in [0.717, 1.165) is 4.88 Å². The summed E-state index contributed by atoms with van der Waals surface area (Å²) in [5.41, 5.74) is 39.5. The summed E-state index contributed by atoms with van der Waals surface area (Å²) in [5.74, 6) is -8.06. The summed E-state index contributed by atoms with van der Waals surface area (Å²) in [5, 5.41) is 42.8. The lowest BCUT2D eigenvalue weighted by Crippen LogP contribution is -2.61. The third-order valence-corrected chi connectivity index (χ3v) is 17.8. The van der Waals surface area contributed by atoms with Crippen LogP contribution in [0.4, 0.5) is 0 Å². The number of aldehydes is 1. The fourth-order valence-corrected chi connectivity index (χ4v) is 12.5. The lowest BCUT2D eigenvalue weighted by atomic mass is 10.0. The number of aliphatic carboxylic acids is 1. The van der Waals surface area contributed by atoms with E-state index in [4.69, 9.17) is 34.4 Å². The molecule has 5 rings (SSSR count). The van der Waals surface area contributed by atoms with E-state index in [0.29, 0.717) is 74.8 Å². The average molecular weight is 1380 g/mol. The Morgan fingerprint density at radius 1 is 0.542 bits per heavy atom. The van der Waals surface area contributed by atoms with Gasteiger partial charge < -0.3 is 96.4 Å². The molecule has 0 bridgehead atoms. The van der Waals surface area contributed by atoms with Gasteiger partial charge in [0, 0.05) is 55.2 Å². The monoisotopic (exact) mass is 1380 g/mol. The van der Waals surface area contributed by atoms with E-state index in [1.54, 1.807) is 65.4 Å². The second kappa shape index (κ2) is 42.0. The van der Waals surface area contributed by atoms with Crippen LogP contribution in [0.1, 0.15) is 105 Å². The first-order valence-corrected chi connectivity index (χ1v) is 34.0. The number of rotatable bonds is 44. The SMILES string of the molecule is NCCCC[C@@H](C=O)NC(=O)[C@H](CCCCN)NC(=O)[C@H](CCCN=C(N)N)NC(=O)[C@@H]1CCCN1C(=O)[C@@H]1CCCN1C(=O)CNN[C@@H](Cc1cccs1)C(=O)N[C@@H](CO)C(=O)N[C@H](Cc1ccccc1)C(=O)N[C@@H](Cc1cccs1)C(=O)N[C@@H](CCCN=C(N)N)C(=O)O. The molecule has 10 atom stereocenters. The Bertz CT molecular complexity index is 3050. The molecule has 1 aromatic carbocycles. The highest BCUT2D eigenvalue weighted by atomic mass is 32.1. The Balaban J connectivity index is 1.25. The van der Waals surface area contributed by atoms with Crippen molar-refractivity contribution in [2.24, 2.45) is 44.4 Å². The molecule has 96 heavy (non-hydrogen) atoms. The molecule has 9 amide bonds. The van der Waals surface area contributed by atoms with Gasteiger partial charge in [-0.3, -0.25) is 53.1 Å². The van der Waals surface area contributed by atoms with Gasteiger partial charge in [-0.15, -0.1) is 22.7 Å². The van der Waals surface area contributed by atoms with Crippen LogP contribution < -0.4 is 82.5 Å². The number of nitrogens with one attached hydrogen (secondary N) is 9. The van der Waals surface area contributed by atoms with Crippen LogP contribution in [0.5, 0.6) is 0 Å². The summed E-state index contributed by atoms with van der Waals surface area (Å²) in [7, 11) is 0. The quantitative estimate of drug-likeness (QED) is 0.00852. The van der Waals surface area contributed by atoms with Gasteiger partial charge in [0.2, 0.25) is 53.2 Å². The number of hydrogen-bond donors (Lipinski definition) is 17. The smallest absolute Gasteiger partial charge is 0.326 e. The number of likely N-dealkylation sites (tertiary alicyclic amines) is 2. The van der Waals surface area contributed by atoms with Crippen molar-refractivity contribution < 1.29 is 63.0 Å². The number of benzene rings is 1. The van der Waals surface area contributed by atoms with Gasteiger partial charge in [-0.2, -0.15) is 0 Å². The highest BCUT2D eigenvalue weighted by molar-refractivity contribution is 7.10. The van der Waals surface area contributed by atoms with Gasteiger partial charge in [0.05, 0.1) is 19.2 Å². The number of nitrogens with zero attached hydrogens (tertiary/aromatic N) is 4. The third kappa shape index (κ3) is 26.5. The number of carboxylic acids is 1. The molecule has 2 aliphatic rings. The Labute approximate surface area is 565 Å². The fraction of sp³-hybridized carbons (Fsp3) is 0.565. The summed E-state index contributed by atoms with van der Waals surface area (Å²) < 4.78 is 0. The van der Waals surface area contributed by atoms with Crippen molar-refractivity contribution in [3.63, 3.8) is 0 Å². The Kier molecular flexibility index (Phi) is 34.1. The maximum absolute atomic E-state index is 14.5. The van der Waals surface area contributed by atoms with Crippen molar-refractivity contribution in [1.82, 2.24) is 57.9 Å². The Morgan fingerprint density at radius 3 is 1.58 bits per heavy atom. The van der Waals surface area contributed by atoms with Gasteiger partial charge in [0.25, 0.3) is 0 Å². The van der Waals surface area contributed by atoms with Crippen molar-refractivity contribution in [2.75, 3.05) is 52.4 Å². The van der Waals surface area contributed by atoms with E-state index in [-0.39, 0.29) is 102 Å². The molecule has 2 saturated heterocycles. The largest absolute Gasteiger partial charge is 0.480 e. The van der Waals surface area contributed by atoms with Crippen molar-refractivity contribution >= 4 is 100 Å². The minimum atomic E-state index is -1.65. The molecule has 34 heteroatoms. The van der Waals surface area contributed by atoms with Crippen LogP contribution in [-0.2, 0) is 72.0 Å². The standard InChI is InChI=1S/C62H95N19O13S2/c63-24-6-4-16-39(36-82)72-52(85)42(19-5-7-25-64)73-53(86)43(20-8-26-69-61(65)66)74-58(91)49-22-10-29-81(49)59(92)50-23-11-28-80(50)51(84)35-71-79-47(34-41-18-13-31-96-41)56(89)78-48(37-83)57(90)76-45(32-38-14-2-1-3-15-38)54(87)77-46(33-40-17-12-30-95-40)55(88)75-44(60(93)94)21-9-27-70-62(67)68/h1-3,12-15,17-18,30-31,36,39,42-50,71,79,83H,4-11,16,19-29,32-35,37,63-64H2,(H,72,85)(H,73,86)(H,74,91)(H,75,88)(H,76,90)(H,77,87)(H,78,89)(H,93,94)(H4,65,66,69)(H4,67,68,70)/t39-,42-,43-,44-,45+,46-,47-,48-,49-,50-/m0/s1. The van der Waals surface area contributed by atoms with Crippen LogP contribution in [0.3, 0.4) is 0 Å². The lowest BCUT2D eigenvalue weighted by molar-refractivity contribution is -0.146. The number of aliphatic hydroxyl groups is 1. The number of aliphatic imine (C=N–C) groups is 2. The molecule has 2 aliphatic heterocycles. The first-order valence-electron chi connectivity index (χ1n) is 32.3. The Morgan fingerprint density at radius 2 is 1.02 bits per heavy atom. The summed E-state index contributed by atoms with van der Waals surface area (Å²) in [4.78, 5) is 164. The third-order valence-electron chi connectivity index (χ3n) is 16.0. The number of nitrogens with two attached hydrogens (primary N) is 6. The predicted octanol–water partition coefficient (Wildman–Crippen LogP) is -3.68. The number of hydrogen-bond acceptors (Lipinski definition) is 20. The van der Waals surface area contributed by atoms with Gasteiger partial charge in [-0.05, 0) is 131 Å². The van der Waals surface area contributed by atoms with Gasteiger partial charge in [-0.25, -0.2) is 15.6 Å². The second-order valence-corrected chi connectivity index (χ2v) is 25.4. The molecule has 23 N–H and O–H groups in total. The first-order chi connectivity index (χ1) is 46.2. The number of guanidine groups is 2. The minimum Gasteiger partial charge on any atom is -0.480 e. The zero-order valence-electron chi connectivity index (χ0n) is 53.8. The summed E-state index contributed by atoms with van der Waals surface area (Å²) in [6.07, 6.45) is 5.08. The molecule has 4 heterocycles. The molecule has 0 saturated carbocycles. The number of carbonyl (C=O) groups excluding carboxylic acids is 10. The topological polar surface area (TPSA) is 524 Å². The van der Waals surface area contributed by atoms with Crippen LogP contribution in [0.2, 0.25) is 0 Å². The van der Waals surface area contributed by atoms with Crippen LogP contribution in [0, 0.1) is 0 Å². The highest BCUT2D eigenvalue weighted by Gasteiger charge is 2.43. The second-order valence-electron chi connectivity index (χ2n) is 23.3. The summed E-state index contributed by atoms with van der Waals surface area (Å²) >= 11 is 2.63. The molecule has 0 unspecified atom stereocenters. The number of amides is 9. The highest BCUT2D eigenvalue weighted by Crippen LogP contribution is 2.26. The molecule has 0 radical (unpaired) electrons. The number of unbranched alkanes of at least 4 members (excludes halogenated alkanes) is 2. The van der Waals surface area contributed by atoms with E-state index >= 15 is 0 Å². The zero-order chi connectivity index (χ0) is 69.9. The van der Waals surface area contributed by atoms with Crippen molar-refractivity contribution in [2.45, 2.75) is 170 Å². The number of thiophene rings is 2. The Hall–Kier alpha value is -8.67. The van der Waals surface area contributed by atoms with Crippen molar-refractivity contribution in [3.05, 3.63) is 80.7 Å². The van der Waals surface area contributed by atoms with Crippen molar-refractivity contribution in [1.29, 1.82) is 0 Å². The molecule has 2 fully saturated rings. The molecule has 32 nitrogen and oxygen atoms in total. The molecular formula is C62H95N19O13S2. The molecular weight excluding hydrogens is 1280 g/mol. The maximum Gasteiger partial charge on any atom is 0.326 e. The van der Waals surface area contributed by atoms with Crippen LogP contribution >= 0.6 is 22.7 Å². The summed E-state index contributed by atoms with van der Waals surface area (Å²) in [6.45, 7) is -0.0482. The van der Waals surface area contributed by atoms with Crippen LogP contribution in [0.25, 0.3) is 0 Å². The van der Waals surface area contributed by atoms with E-state index < -0.39 is 133 Å². The number of hydrazine groups is 1. The maximum atomic E-state index is 14.5. The number of aliphatic hydroxyl groups excluding tert-OH is 1. The minimum absolute atomic E-state index is 0.0285. The van der Waals surface area contributed by atoms with E-state index in [1.165, 1.54) is 32.5 Å². The molecule has 528 valence electrons. The number of carbonyl (C=O) groups is 11. The van der Waals surface area contributed by atoms with Gasteiger partial charge >= 0.3 is 5.97 Å². The molecule has 0 spiro atoms. The van der Waals surface area contributed by atoms with Gasteiger partial charge in [0.1, 0.15) is 60.7 Å². The fourth-order valence-electron chi connectivity index (χ4n) is 11.0. The molecule has 2 aromatic heterocycles. The lowest BCUT2D eigenvalue weighted by Gasteiger charge is -2.32. The van der Waals surface area contributed by atoms with Crippen molar-refractivity contribution in [3.8, 4) is 0 Å². The van der Waals surface area contributed by atoms with Crippen LogP contribution in [-0.4, -0.2) is 210 Å². The van der Waals surface area contributed by atoms with Crippen LogP contribution in [0.15, 0.2) is 75.3 Å². The predicted molar refractivity (Wildman–Crippen MR) is 361 cm³/mol.